The number of hydrogen-bond acceptors (Lipinski definition) is 7. The van der Waals surface area contributed by atoms with Gasteiger partial charge >= 0.3 is 5.76 Å². The molecular weight excluding hydrogens is 478 g/mol. The number of sulfonamides is 1. The molecule has 2 atom stereocenters. The molecule has 36 heavy (non-hydrogen) atoms. The van der Waals surface area contributed by atoms with Crippen LogP contribution in [-0.2, 0) is 23.5 Å². The molecule has 0 saturated heterocycles. The van der Waals surface area contributed by atoms with E-state index in [1.165, 1.54) is 4.57 Å². The highest BCUT2D eigenvalue weighted by Crippen LogP contribution is 2.24. The van der Waals surface area contributed by atoms with Gasteiger partial charge in [-0.05, 0) is 47.9 Å². The second-order valence-electron chi connectivity index (χ2n) is 8.56. The highest BCUT2D eigenvalue weighted by atomic mass is 32.2. The highest BCUT2D eigenvalue weighted by Gasteiger charge is 2.19. The van der Waals surface area contributed by atoms with Gasteiger partial charge < -0.3 is 9.73 Å². The molecule has 4 rings (SSSR count). The zero-order chi connectivity index (χ0) is 25.7. The Labute approximate surface area is 209 Å². The Bertz CT molecular complexity index is 1540. The molecule has 2 heterocycles. The number of pyridine rings is 1. The molecule has 0 fully saturated rings. The zero-order valence-corrected chi connectivity index (χ0v) is 20.8. The summed E-state index contributed by atoms with van der Waals surface area (Å²) in [4.78, 5) is 16.0. The number of nitrogens with one attached hydrogen (secondary N) is 2. The molecule has 0 bridgehead atoms. The van der Waals surface area contributed by atoms with E-state index < -0.39 is 21.8 Å². The number of fused-ring (bicyclic) bond motifs is 1. The van der Waals surface area contributed by atoms with E-state index in [4.69, 9.17) is 4.42 Å². The summed E-state index contributed by atoms with van der Waals surface area (Å²) in [6.07, 6.45) is 1.93. The number of benzene rings is 2. The summed E-state index contributed by atoms with van der Waals surface area (Å²) in [5, 5.41) is 12.7. The summed E-state index contributed by atoms with van der Waals surface area (Å²) in [5.41, 5.74) is 4.71. The molecule has 0 spiro atoms. The lowest BCUT2D eigenvalue weighted by Gasteiger charge is -2.15. The molecule has 2 unspecified atom stereocenters. The lowest BCUT2D eigenvalue weighted by Crippen LogP contribution is -2.39. The van der Waals surface area contributed by atoms with Gasteiger partial charge in [-0.25, -0.2) is 13.2 Å². The fraction of sp³-hybridized carbons (Fsp3) is 0.269. The summed E-state index contributed by atoms with van der Waals surface area (Å²) >= 11 is 0. The fourth-order valence-corrected chi connectivity index (χ4v) is 4.98. The lowest BCUT2D eigenvalue weighted by atomic mass is 10.0. The van der Waals surface area contributed by atoms with Gasteiger partial charge in [0.15, 0.2) is 5.58 Å². The van der Waals surface area contributed by atoms with Crippen molar-refractivity contribution in [1.82, 2.24) is 19.6 Å². The van der Waals surface area contributed by atoms with E-state index in [0.29, 0.717) is 11.1 Å². The zero-order valence-electron chi connectivity index (χ0n) is 20.0. The summed E-state index contributed by atoms with van der Waals surface area (Å²) in [7, 11) is -2.00. The summed E-state index contributed by atoms with van der Waals surface area (Å²) < 4.78 is 34.2. The molecule has 186 valence electrons. The minimum absolute atomic E-state index is 0.0919. The van der Waals surface area contributed by atoms with Gasteiger partial charge in [0, 0.05) is 32.3 Å². The van der Waals surface area contributed by atoms with E-state index in [2.05, 4.69) is 15.0 Å². The summed E-state index contributed by atoms with van der Waals surface area (Å²) in [6, 6.07) is 19.7. The smallest absolute Gasteiger partial charge is 0.408 e. The lowest BCUT2D eigenvalue weighted by molar-refractivity contribution is 0.528. The molecule has 0 radical (unpaired) electrons. The average Bonchev–Trinajstić information content (AvgIpc) is 3.17. The van der Waals surface area contributed by atoms with Crippen LogP contribution in [0.5, 0.6) is 0 Å². The first-order valence-corrected chi connectivity index (χ1v) is 13.1. The predicted molar refractivity (Wildman–Crippen MR) is 138 cm³/mol. The standard InChI is InChI=1S/C26H27N5O4S/c1-18(23-5-3-4-12-29-23)28-13-14-36(33,34)30-22(17-27)15-19-6-8-20(9-7-19)21-10-11-25-24(16-21)31(2)26(32)35-25/h3-12,16,18,22,28,30H,13-15H2,1-2H3. The number of nitriles is 1. The van der Waals surface area contributed by atoms with Crippen molar-refractivity contribution in [2.75, 3.05) is 12.3 Å². The quantitative estimate of drug-likeness (QED) is 0.339. The first-order chi connectivity index (χ1) is 17.3. The molecule has 2 N–H and O–H groups in total. The molecular formula is C26H27N5O4S. The number of aromatic nitrogens is 2. The number of oxazole rings is 1. The van der Waals surface area contributed by atoms with Gasteiger partial charge in [-0.2, -0.15) is 9.98 Å². The van der Waals surface area contributed by atoms with Crippen molar-refractivity contribution in [2.24, 2.45) is 7.05 Å². The van der Waals surface area contributed by atoms with E-state index >= 15 is 0 Å². The van der Waals surface area contributed by atoms with Gasteiger partial charge in [-0.3, -0.25) is 9.55 Å². The van der Waals surface area contributed by atoms with Gasteiger partial charge in [-0.15, -0.1) is 0 Å². The minimum Gasteiger partial charge on any atom is -0.408 e. The number of aryl methyl sites for hydroxylation is 1. The van der Waals surface area contributed by atoms with Crippen LogP contribution >= 0.6 is 0 Å². The molecule has 0 aliphatic carbocycles. The second-order valence-corrected chi connectivity index (χ2v) is 10.4. The predicted octanol–water partition coefficient (Wildman–Crippen LogP) is 2.90. The van der Waals surface area contributed by atoms with Crippen LogP contribution in [0.25, 0.3) is 22.2 Å². The number of nitrogens with zero attached hydrogens (tertiary/aromatic N) is 3. The van der Waals surface area contributed by atoms with Crippen LogP contribution in [0.1, 0.15) is 24.2 Å². The maximum absolute atomic E-state index is 12.5. The molecule has 0 amide bonds. The third-order valence-corrected chi connectivity index (χ3v) is 7.33. The van der Waals surface area contributed by atoms with E-state index in [1.54, 1.807) is 19.3 Å². The van der Waals surface area contributed by atoms with E-state index in [0.717, 1.165) is 22.4 Å². The van der Waals surface area contributed by atoms with E-state index in [1.807, 2.05) is 67.6 Å². The van der Waals surface area contributed by atoms with Crippen LogP contribution < -0.4 is 15.8 Å². The van der Waals surface area contributed by atoms with Crippen LogP contribution in [0, 0.1) is 11.3 Å². The molecule has 2 aromatic heterocycles. The first kappa shape index (κ1) is 25.3. The average molecular weight is 506 g/mol. The van der Waals surface area contributed by atoms with Crippen LogP contribution in [0.15, 0.2) is 76.1 Å². The van der Waals surface area contributed by atoms with Crippen molar-refractivity contribution in [3.05, 3.63) is 88.7 Å². The molecule has 0 aliphatic heterocycles. The third-order valence-electron chi connectivity index (χ3n) is 5.95. The van der Waals surface area contributed by atoms with Gasteiger partial charge in [0.1, 0.15) is 6.04 Å². The number of rotatable bonds is 10. The van der Waals surface area contributed by atoms with Gasteiger partial charge in [0.25, 0.3) is 0 Å². The van der Waals surface area contributed by atoms with E-state index in [9.17, 15) is 18.5 Å². The fourth-order valence-electron chi connectivity index (χ4n) is 3.91. The van der Waals surface area contributed by atoms with Crippen LogP contribution in [-0.4, -0.2) is 36.3 Å². The Morgan fingerprint density at radius 3 is 2.56 bits per heavy atom. The molecule has 0 saturated carbocycles. The summed E-state index contributed by atoms with van der Waals surface area (Å²) in [6.45, 7) is 2.14. The van der Waals surface area contributed by atoms with Crippen molar-refractivity contribution in [1.29, 1.82) is 5.26 Å². The first-order valence-electron chi connectivity index (χ1n) is 11.5. The molecule has 10 heteroatoms. The van der Waals surface area contributed by atoms with Crippen LogP contribution in [0.4, 0.5) is 0 Å². The van der Waals surface area contributed by atoms with E-state index in [-0.39, 0.29) is 24.8 Å². The third kappa shape index (κ3) is 6.07. The van der Waals surface area contributed by atoms with Crippen molar-refractivity contribution >= 4 is 21.1 Å². The van der Waals surface area contributed by atoms with Crippen molar-refractivity contribution in [3.63, 3.8) is 0 Å². The monoisotopic (exact) mass is 505 g/mol. The van der Waals surface area contributed by atoms with Crippen molar-refractivity contribution in [3.8, 4) is 17.2 Å². The Balaban J connectivity index is 1.35. The van der Waals surface area contributed by atoms with Gasteiger partial charge in [0.2, 0.25) is 10.0 Å². The van der Waals surface area contributed by atoms with Crippen molar-refractivity contribution in [2.45, 2.75) is 25.4 Å². The molecule has 0 aliphatic rings. The highest BCUT2D eigenvalue weighted by molar-refractivity contribution is 7.89. The molecule has 9 nitrogen and oxygen atoms in total. The topological polar surface area (TPSA) is 130 Å². The minimum atomic E-state index is -3.66. The second kappa shape index (κ2) is 10.9. The maximum Gasteiger partial charge on any atom is 0.419 e. The molecule has 2 aromatic carbocycles. The SMILES string of the molecule is CC(NCCS(=O)(=O)NC(C#N)Cc1ccc(-c2ccc3oc(=O)n(C)c3c2)cc1)c1ccccn1. The largest absolute Gasteiger partial charge is 0.419 e. The Morgan fingerprint density at radius 2 is 1.86 bits per heavy atom. The van der Waals surface area contributed by atoms with Gasteiger partial charge in [0.05, 0.1) is 23.0 Å². The normalized spacial score (nSPS) is 13.4. The maximum atomic E-state index is 12.5. The van der Waals surface area contributed by atoms with Crippen LogP contribution in [0.2, 0.25) is 0 Å². The van der Waals surface area contributed by atoms with Gasteiger partial charge in [-0.1, -0.05) is 36.4 Å². The van der Waals surface area contributed by atoms with Crippen molar-refractivity contribution < 1.29 is 12.8 Å². The Morgan fingerprint density at radius 1 is 1.11 bits per heavy atom. The molecule has 4 aromatic rings. The Hall–Kier alpha value is -3.78. The Kier molecular flexibility index (Phi) is 7.64. The summed E-state index contributed by atoms with van der Waals surface area (Å²) in [5.74, 6) is -0.568. The number of hydrogen-bond donors (Lipinski definition) is 2. The van der Waals surface area contributed by atoms with Crippen LogP contribution in [0.3, 0.4) is 0 Å².